The summed E-state index contributed by atoms with van der Waals surface area (Å²) in [6, 6.07) is 8.72. The number of halogens is 5. The summed E-state index contributed by atoms with van der Waals surface area (Å²) in [5.74, 6) is -1.54. The van der Waals surface area contributed by atoms with Crippen molar-refractivity contribution in [2.24, 2.45) is 0 Å². The van der Waals surface area contributed by atoms with Crippen LogP contribution >= 0.6 is 0 Å². The second kappa shape index (κ2) is 8.45. The third kappa shape index (κ3) is 5.07. The Hall–Kier alpha value is -3.26. The van der Waals surface area contributed by atoms with Crippen molar-refractivity contribution in [3.05, 3.63) is 53.7 Å². The molecule has 1 amide bonds. The van der Waals surface area contributed by atoms with Gasteiger partial charge in [-0.05, 0) is 37.3 Å². The van der Waals surface area contributed by atoms with Crippen LogP contribution in [0.3, 0.4) is 0 Å². The molecule has 1 saturated heterocycles. The number of sulfone groups is 1. The number of hydrogen-bond acceptors (Lipinski definition) is 6. The number of nitrogens with one attached hydrogen (secondary N) is 1. The Labute approximate surface area is 195 Å². The van der Waals surface area contributed by atoms with Gasteiger partial charge in [0.05, 0.1) is 28.2 Å². The fraction of sp³-hybridized carbons (Fsp3) is 0.333. The number of carbonyl (C=O) groups is 1. The molecule has 8 nitrogen and oxygen atoms in total. The maximum Gasteiger partial charge on any atom is 0.420 e. The van der Waals surface area contributed by atoms with E-state index >= 15 is 0 Å². The van der Waals surface area contributed by atoms with Crippen LogP contribution in [0, 0.1) is 0 Å². The van der Waals surface area contributed by atoms with Gasteiger partial charge >= 0.3 is 12.8 Å². The number of fused-ring (bicyclic) bond motifs is 1. The first-order valence-electron chi connectivity index (χ1n) is 10.0. The molecule has 4 rings (SSSR count). The Morgan fingerprint density at radius 1 is 1.20 bits per heavy atom. The molecule has 1 aliphatic rings. The predicted molar refractivity (Wildman–Crippen MR) is 113 cm³/mol. The van der Waals surface area contributed by atoms with Crippen molar-refractivity contribution in [2.45, 2.75) is 31.4 Å². The largest absolute Gasteiger partial charge is 0.435 e. The smallest absolute Gasteiger partial charge is 0.420 e. The number of alkyl halides is 5. The Kier molecular flexibility index (Phi) is 6.00. The van der Waals surface area contributed by atoms with E-state index in [1.165, 1.54) is 37.3 Å². The monoisotopic (exact) mass is 519 g/mol. The molecule has 1 aliphatic heterocycles. The van der Waals surface area contributed by atoms with E-state index in [9.17, 15) is 40.3 Å². The molecular weight excluding hydrogens is 501 g/mol. The molecule has 2 aromatic carbocycles. The van der Waals surface area contributed by atoms with Gasteiger partial charge in [-0.3, -0.25) is 4.79 Å². The summed E-state index contributed by atoms with van der Waals surface area (Å²) in [6.07, 6.45) is -8.09. The van der Waals surface area contributed by atoms with E-state index in [1.54, 1.807) is 0 Å². The zero-order chi connectivity index (χ0) is 25.8. The van der Waals surface area contributed by atoms with Gasteiger partial charge in [0.2, 0.25) is 0 Å². The highest BCUT2D eigenvalue weighted by Crippen LogP contribution is 2.37. The lowest BCUT2D eigenvalue weighted by atomic mass is 10.0. The number of amides is 1. The maximum absolute atomic E-state index is 13.4. The van der Waals surface area contributed by atoms with Crippen molar-refractivity contribution in [1.82, 2.24) is 15.1 Å². The van der Waals surface area contributed by atoms with Gasteiger partial charge in [0, 0.05) is 17.0 Å². The van der Waals surface area contributed by atoms with Crippen LogP contribution in [0.4, 0.5) is 22.0 Å². The summed E-state index contributed by atoms with van der Waals surface area (Å²) in [5.41, 5.74) is -1.80. The quantitative estimate of drug-likeness (QED) is 0.485. The third-order valence-electron chi connectivity index (χ3n) is 5.32. The molecule has 2 heterocycles. The molecule has 0 unspecified atom stereocenters. The van der Waals surface area contributed by atoms with Gasteiger partial charge in [0.1, 0.15) is 11.4 Å². The fourth-order valence-electron chi connectivity index (χ4n) is 3.97. The Bertz CT molecular complexity index is 1390. The zero-order valence-corrected chi connectivity index (χ0v) is 18.7. The molecule has 0 bridgehead atoms. The van der Waals surface area contributed by atoms with Gasteiger partial charge in [-0.15, -0.1) is 0 Å². The number of aromatic nitrogens is 2. The minimum Gasteiger partial charge on any atom is -0.435 e. The topological polar surface area (TPSA) is 111 Å². The average Bonchev–Trinajstić information content (AvgIpc) is 3.09. The highest BCUT2D eigenvalue weighted by Gasteiger charge is 2.46. The molecule has 0 spiro atoms. The van der Waals surface area contributed by atoms with E-state index < -0.39 is 45.9 Å². The van der Waals surface area contributed by atoms with Gasteiger partial charge in [-0.25, -0.2) is 13.1 Å². The predicted octanol–water partition coefficient (Wildman–Crippen LogP) is 3.14. The number of carbonyl (C=O) groups excluding carboxylic acids is 1. The number of nitrogens with zero attached hydrogens (tertiary/aromatic N) is 2. The van der Waals surface area contributed by atoms with E-state index in [4.69, 9.17) is 0 Å². The van der Waals surface area contributed by atoms with Crippen molar-refractivity contribution in [3.63, 3.8) is 0 Å². The van der Waals surface area contributed by atoms with E-state index in [1.807, 2.05) is 0 Å². The van der Waals surface area contributed by atoms with Crippen molar-refractivity contribution < 1.29 is 45.0 Å². The normalized spacial score (nSPS) is 17.7. The van der Waals surface area contributed by atoms with Crippen molar-refractivity contribution in [2.75, 3.05) is 11.5 Å². The number of ether oxygens (including phenoxy) is 1. The van der Waals surface area contributed by atoms with Crippen LogP contribution < -0.4 is 10.1 Å². The molecule has 35 heavy (non-hydrogen) atoms. The molecule has 188 valence electrons. The first kappa shape index (κ1) is 24.9. The molecule has 2 N–H and O–H groups in total. The molecule has 14 heteroatoms. The lowest BCUT2D eigenvalue weighted by Gasteiger charge is -2.38. The Morgan fingerprint density at radius 3 is 2.49 bits per heavy atom. The van der Waals surface area contributed by atoms with Crippen LogP contribution in [0.1, 0.15) is 29.1 Å². The lowest BCUT2D eigenvalue weighted by molar-refractivity contribution is -0.207. The molecule has 0 radical (unpaired) electrons. The van der Waals surface area contributed by atoms with Crippen molar-refractivity contribution >= 4 is 26.6 Å². The van der Waals surface area contributed by atoms with Crippen molar-refractivity contribution in [3.8, 4) is 11.4 Å². The highest BCUT2D eigenvalue weighted by atomic mass is 32.2. The second-order valence-corrected chi connectivity index (χ2v) is 10.5. The van der Waals surface area contributed by atoms with E-state index in [2.05, 4.69) is 15.2 Å². The van der Waals surface area contributed by atoms with Gasteiger partial charge < -0.3 is 15.2 Å². The number of benzene rings is 2. The van der Waals surface area contributed by atoms with Gasteiger partial charge in [-0.1, -0.05) is 6.07 Å². The summed E-state index contributed by atoms with van der Waals surface area (Å²) in [5, 5.41) is 16.1. The van der Waals surface area contributed by atoms with Crippen LogP contribution in [0.25, 0.3) is 16.6 Å². The number of rotatable bonds is 6. The van der Waals surface area contributed by atoms with Crippen LogP contribution in [-0.2, 0) is 9.84 Å². The molecule has 3 aromatic rings. The summed E-state index contributed by atoms with van der Waals surface area (Å²) in [7, 11) is -3.27. The van der Waals surface area contributed by atoms with Crippen molar-refractivity contribution in [1.29, 1.82) is 0 Å². The Balaban J connectivity index is 1.78. The average molecular weight is 519 g/mol. The van der Waals surface area contributed by atoms with Crippen LogP contribution in [0.5, 0.6) is 5.75 Å². The minimum absolute atomic E-state index is 0.0477. The molecule has 1 aromatic heterocycles. The molecular formula is C21H18F5N3O5S. The highest BCUT2D eigenvalue weighted by molar-refractivity contribution is 7.93. The number of aliphatic hydroxyl groups excluding tert-OH is 1. The molecule has 1 fully saturated rings. The number of aliphatic hydroxyl groups is 1. The second-order valence-electron chi connectivity index (χ2n) is 8.40. The van der Waals surface area contributed by atoms with Crippen LogP contribution in [0.2, 0.25) is 0 Å². The first-order chi connectivity index (χ1) is 16.2. The van der Waals surface area contributed by atoms with E-state index in [0.29, 0.717) is 0 Å². The number of hydrogen-bond donors (Lipinski definition) is 2. The summed E-state index contributed by atoms with van der Waals surface area (Å²) >= 11 is 0. The van der Waals surface area contributed by atoms with E-state index in [0.717, 1.165) is 16.8 Å². The van der Waals surface area contributed by atoms with Gasteiger partial charge in [-0.2, -0.15) is 27.1 Å². The maximum atomic E-state index is 13.4. The van der Waals surface area contributed by atoms with Crippen LogP contribution in [-0.4, -0.2) is 59.0 Å². The Morgan fingerprint density at radius 2 is 1.89 bits per heavy atom. The fourth-order valence-corrected chi connectivity index (χ4v) is 5.98. The summed E-state index contributed by atoms with van der Waals surface area (Å²) < 4.78 is 93.5. The minimum atomic E-state index is -5.08. The first-order valence-corrected chi connectivity index (χ1v) is 11.9. The van der Waals surface area contributed by atoms with E-state index in [-0.39, 0.29) is 39.4 Å². The standard InChI is InChI=1S/C21H18F5N3O5S/c1-20(9-35(32,33)10-20)27-18(31)11-5-6-15-14(7-11)16(17(30)21(24,25)26)28-29(15)12-3-2-4-13(8-12)34-19(22)23/h2-8,17,19,30H,9-10H2,1H3,(H,27,31)/t17-/m1/s1. The zero-order valence-electron chi connectivity index (χ0n) is 17.9. The third-order valence-corrected chi connectivity index (χ3v) is 7.47. The summed E-state index contributed by atoms with van der Waals surface area (Å²) in [4.78, 5) is 12.7. The molecule has 0 aliphatic carbocycles. The van der Waals surface area contributed by atoms with Gasteiger partial charge in [0.25, 0.3) is 5.91 Å². The summed E-state index contributed by atoms with van der Waals surface area (Å²) in [6.45, 7) is -1.61. The van der Waals surface area contributed by atoms with Crippen LogP contribution in [0.15, 0.2) is 42.5 Å². The lowest BCUT2D eigenvalue weighted by Crippen LogP contribution is -2.63. The molecule has 0 saturated carbocycles. The molecule has 1 atom stereocenters. The SMILES string of the molecule is CC1(NC(=O)c2ccc3c(c2)c([C@@H](O)C(F)(F)F)nn3-c2cccc(OC(F)F)c2)CS(=O)(=O)C1. The van der Waals surface area contributed by atoms with Gasteiger partial charge in [0.15, 0.2) is 15.9 Å².